The molecule has 0 saturated carbocycles. The van der Waals surface area contributed by atoms with Gasteiger partial charge in [-0.1, -0.05) is 84.0 Å². The van der Waals surface area contributed by atoms with Crippen LogP contribution in [0.15, 0.2) is 60.7 Å². The number of benzene rings is 2. The lowest BCUT2D eigenvalue weighted by Gasteiger charge is -2.13. The monoisotopic (exact) mass is 267 g/mol. The van der Waals surface area contributed by atoms with Crippen molar-refractivity contribution in [3.8, 4) is 0 Å². The lowest BCUT2D eigenvalue weighted by atomic mass is 10.4. The third-order valence-electron chi connectivity index (χ3n) is 2.46. The van der Waals surface area contributed by atoms with Crippen LogP contribution in [0.25, 0.3) is 0 Å². The van der Waals surface area contributed by atoms with Crippen LogP contribution in [-0.2, 0) is 0 Å². The Kier molecular flexibility index (Phi) is 4.97. The zero-order valence-corrected chi connectivity index (χ0v) is 13.0. The molecular formula is C14H15Si3. The van der Waals surface area contributed by atoms with E-state index in [-0.39, 0.29) is 7.83 Å². The molecule has 0 unspecified atom stereocenters. The van der Waals surface area contributed by atoms with Crippen LogP contribution in [-0.4, -0.2) is 25.9 Å². The summed E-state index contributed by atoms with van der Waals surface area (Å²) in [6.07, 6.45) is 0. The fourth-order valence-corrected chi connectivity index (χ4v) is 12.1. The topological polar surface area (TPSA) is 0 Å². The van der Waals surface area contributed by atoms with Crippen molar-refractivity contribution in [3.05, 3.63) is 60.7 Å². The van der Waals surface area contributed by atoms with E-state index in [0.29, 0.717) is 0 Å². The molecule has 0 heterocycles. The summed E-state index contributed by atoms with van der Waals surface area (Å²) in [5.74, 6) is 0. The predicted molar refractivity (Wildman–Crippen MR) is 79.9 cm³/mol. The average molecular weight is 268 g/mol. The van der Waals surface area contributed by atoms with Crippen LogP contribution < -0.4 is 10.4 Å². The molecule has 0 aliphatic rings. The molecule has 2 aromatic carbocycles. The molecule has 0 amide bonds. The Morgan fingerprint density at radius 1 is 0.882 bits per heavy atom. The van der Waals surface area contributed by atoms with Crippen LogP contribution >= 0.6 is 0 Å². The molecule has 0 atom stereocenters. The molecular weight excluding hydrogens is 252 g/mol. The van der Waals surface area contributed by atoms with E-state index >= 15 is 0 Å². The molecule has 0 nitrogen and oxygen atoms in total. The van der Waals surface area contributed by atoms with Gasteiger partial charge in [0.05, 0.1) is 16.9 Å². The molecule has 0 spiro atoms. The first-order valence-electron chi connectivity index (χ1n) is 5.88. The van der Waals surface area contributed by atoms with Crippen LogP contribution in [0.5, 0.6) is 0 Å². The van der Waals surface area contributed by atoms with E-state index in [1.807, 2.05) is 0 Å². The van der Waals surface area contributed by atoms with Gasteiger partial charge in [0.1, 0.15) is 0 Å². The Balaban J connectivity index is 2.13. The first kappa shape index (κ1) is 12.5. The number of rotatable bonds is 5. The fraction of sp³-hybridized carbons (Fsp3) is 0.143. The molecule has 2 rings (SSSR count). The zero-order valence-electron chi connectivity index (χ0n) is 9.98. The van der Waals surface area contributed by atoms with Crippen LogP contribution in [0.2, 0.25) is 6.04 Å². The molecule has 5 radical (unpaired) electrons. The highest BCUT2D eigenvalue weighted by Crippen LogP contribution is 1.91. The van der Waals surface area contributed by atoms with E-state index in [9.17, 15) is 0 Å². The van der Waals surface area contributed by atoms with E-state index in [1.165, 1.54) is 11.2 Å². The molecule has 0 N–H and O–H groups in total. The molecule has 0 aromatic heterocycles. The Morgan fingerprint density at radius 2 is 1.47 bits per heavy atom. The normalized spacial score (nSPS) is 10.7. The summed E-state index contributed by atoms with van der Waals surface area (Å²) in [6.45, 7) is 2.31. The molecule has 0 aliphatic carbocycles. The van der Waals surface area contributed by atoms with E-state index < -0.39 is 0 Å². The predicted octanol–water partition coefficient (Wildman–Crippen LogP) is 1.55. The van der Waals surface area contributed by atoms with Crippen molar-refractivity contribution in [1.82, 2.24) is 0 Å². The third kappa shape index (κ3) is 3.80. The highest BCUT2D eigenvalue weighted by atomic mass is 29.6. The number of hydrogen-bond acceptors (Lipinski definition) is 0. The van der Waals surface area contributed by atoms with Crippen molar-refractivity contribution in [3.63, 3.8) is 0 Å². The summed E-state index contributed by atoms with van der Waals surface area (Å²) in [7, 11) is 1.75. The summed E-state index contributed by atoms with van der Waals surface area (Å²) < 4.78 is 0. The van der Waals surface area contributed by atoms with Gasteiger partial charge in [0.25, 0.3) is 0 Å². The van der Waals surface area contributed by atoms with Gasteiger partial charge in [0.2, 0.25) is 0 Å². The van der Waals surface area contributed by atoms with Crippen LogP contribution in [0.1, 0.15) is 6.92 Å². The van der Waals surface area contributed by atoms with E-state index in [4.69, 9.17) is 0 Å². The molecule has 0 aliphatic heterocycles. The summed E-state index contributed by atoms with van der Waals surface area (Å²) >= 11 is 0. The second-order valence-electron chi connectivity index (χ2n) is 3.76. The van der Waals surface area contributed by atoms with Crippen molar-refractivity contribution < 1.29 is 0 Å². The summed E-state index contributed by atoms with van der Waals surface area (Å²) in [6, 6.07) is 23.4. The van der Waals surface area contributed by atoms with Crippen molar-refractivity contribution in [1.29, 1.82) is 0 Å². The van der Waals surface area contributed by atoms with Gasteiger partial charge in [0, 0.05) is 9.04 Å². The third-order valence-corrected chi connectivity index (χ3v) is 13.1. The maximum atomic E-state index is 2.31. The molecule has 3 heteroatoms. The molecule has 0 fully saturated rings. The largest absolute Gasteiger partial charge is 0.0707 e. The average Bonchev–Trinajstić information content (AvgIpc) is 2.40. The molecule has 83 valence electrons. The summed E-state index contributed by atoms with van der Waals surface area (Å²) in [4.78, 5) is 0. The molecule has 2 aromatic rings. The van der Waals surface area contributed by atoms with Crippen molar-refractivity contribution in [2.24, 2.45) is 0 Å². The standard InChI is InChI=1S/C14H15Si3/c1-2-15-17(14-11-7-4-8-12-14)16-13-9-5-3-6-10-13/h3-12H,2H2,1H3. The van der Waals surface area contributed by atoms with E-state index in [2.05, 4.69) is 67.6 Å². The van der Waals surface area contributed by atoms with Crippen LogP contribution in [0.3, 0.4) is 0 Å². The van der Waals surface area contributed by atoms with Gasteiger partial charge in [-0.3, -0.25) is 0 Å². The van der Waals surface area contributed by atoms with Gasteiger partial charge in [-0.2, -0.15) is 0 Å². The quantitative estimate of drug-likeness (QED) is 0.721. The minimum absolute atomic E-state index is 0.370. The SMILES string of the molecule is CC[Si][Si]([Si]c1ccccc1)c1ccccc1. The van der Waals surface area contributed by atoms with E-state index in [1.54, 1.807) is 5.19 Å². The summed E-state index contributed by atoms with van der Waals surface area (Å²) in [5.41, 5.74) is 0. The van der Waals surface area contributed by atoms with Gasteiger partial charge >= 0.3 is 0 Å². The lowest BCUT2D eigenvalue weighted by molar-refractivity contribution is 1.47. The Labute approximate surface area is 110 Å². The first-order valence-corrected chi connectivity index (χ1v) is 11.6. The smallest absolute Gasteiger partial charge is 0.0684 e. The van der Waals surface area contributed by atoms with Crippen molar-refractivity contribution in [2.75, 3.05) is 0 Å². The Morgan fingerprint density at radius 3 is 2.06 bits per heavy atom. The van der Waals surface area contributed by atoms with Gasteiger partial charge in [-0.15, -0.1) is 0 Å². The molecule has 17 heavy (non-hydrogen) atoms. The molecule has 0 bridgehead atoms. The van der Waals surface area contributed by atoms with Crippen LogP contribution in [0, 0.1) is 0 Å². The van der Waals surface area contributed by atoms with Crippen LogP contribution in [0.4, 0.5) is 0 Å². The van der Waals surface area contributed by atoms with Gasteiger partial charge < -0.3 is 0 Å². The zero-order chi connectivity index (χ0) is 11.9. The van der Waals surface area contributed by atoms with E-state index in [0.717, 1.165) is 18.1 Å². The van der Waals surface area contributed by atoms with Crippen molar-refractivity contribution in [2.45, 2.75) is 13.0 Å². The summed E-state index contributed by atoms with van der Waals surface area (Å²) in [5, 5.41) is 3.12. The lowest BCUT2D eigenvalue weighted by Crippen LogP contribution is -2.47. The first-order chi connectivity index (χ1) is 8.40. The second kappa shape index (κ2) is 6.74. The highest BCUT2D eigenvalue weighted by molar-refractivity contribution is 7.47. The molecule has 0 saturated heterocycles. The van der Waals surface area contributed by atoms with Gasteiger partial charge in [-0.05, 0) is 0 Å². The maximum absolute atomic E-state index is 2.31. The minimum atomic E-state index is -0.370. The Hall–Kier alpha value is -0.909. The Bertz CT molecular complexity index is 428. The van der Waals surface area contributed by atoms with Gasteiger partial charge in [-0.25, -0.2) is 0 Å². The number of hydrogen-bond donors (Lipinski definition) is 0. The maximum Gasteiger partial charge on any atom is 0.0707 e. The second-order valence-corrected chi connectivity index (χ2v) is 13.3. The fourth-order valence-electron chi connectivity index (χ4n) is 1.67. The highest BCUT2D eigenvalue weighted by Gasteiger charge is 2.14. The minimum Gasteiger partial charge on any atom is -0.0684 e. The van der Waals surface area contributed by atoms with Crippen molar-refractivity contribution >= 4 is 36.3 Å². The van der Waals surface area contributed by atoms with Gasteiger partial charge in [0.15, 0.2) is 0 Å².